The van der Waals surface area contributed by atoms with E-state index in [1.165, 1.54) is 0 Å². The first kappa shape index (κ1) is 9.75. The van der Waals surface area contributed by atoms with Gasteiger partial charge in [-0.05, 0) is 18.5 Å². The van der Waals surface area contributed by atoms with Crippen LogP contribution in [0.15, 0.2) is 6.20 Å². The third-order valence-corrected chi connectivity index (χ3v) is 1.42. The van der Waals surface area contributed by atoms with Crippen LogP contribution in [0.1, 0.15) is 6.92 Å². The molecule has 1 N–H and O–H groups in total. The molecule has 0 aliphatic heterocycles. The standard InChI is InChI=1S/C8H7ClFN3/c1-2-3-4-11-7-6(10)5-12-8(9)13-7/h5H,4H2,1H3,(H,11,12,13). The minimum Gasteiger partial charge on any atom is -0.357 e. The summed E-state index contributed by atoms with van der Waals surface area (Å²) in [5, 5.41) is 2.68. The van der Waals surface area contributed by atoms with E-state index in [9.17, 15) is 4.39 Å². The molecular weight excluding hydrogens is 193 g/mol. The van der Waals surface area contributed by atoms with Crippen LogP contribution in [0.4, 0.5) is 10.2 Å². The molecule has 5 heteroatoms. The first-order valence-corrected chi connectivity index (χ1v) is 3.93. The smallest absolute Gasteiger partial charge is 0.224 e. The van der Waals surface area contributed by atoms with E-state index in [1.807, 2.05) is 0 Å². The molecule has 1 heterocycles. The maximum atomic E-state index is 12.9. The van der Waals surface area contributed by atoms with E-state index in [2.05, 4.69) is 27.1 Å². The van der Waals surface area contributed by atoms with Crippen LogP contribution in [-0.4, -0.2) is 16.5 Å². The number of halogens is 2. The van der Waals surface area contributed by atoms with Crippen LogP contribution in [0.2, 0.25) is 5.28 Å². The minimum absolute atomic E-state index is 0.00774. The van der Waals surface area contributed by atoms with Crippen molar-refractivity contribution in [2.45, 2.75) is 6.92 Å². The number of aromatic nitrogens is 2. The zero-order chi connectivity index (χ0) is 9.68. The molecule has 1 rings (SSSR count). The molecule has 68 valence electrons. The van der Waals surface area contributed by atoms with Crippen LogP contribution < -0.4 is 5.32 Å². The van der Waals surface area contributed by atoms with E-state index < -0.39 is 5.82 Å². The molecule has 0 amide bonds. The second-order valence-electron chi connectivity index (χ2n) is 2.12. The van der Waals surface area contributed by atoms with E-state index in [-0.39, 0.29) is 11.1 Å². The van der Waals surface area contributed by atoms with Crippen molar-refractivity contribution >= 4 is 17.4 Å². The average Bonchev–Trinajstić information content (AvgIpc) is 2.11. The van der Waals surface area contributed by atoms with Crippen LogP contribution in [0.3, 0.4) is 0 Å². The Morgan fingerprint density at radius 2 is 2.46 bits per heavy atom. The summed E-state index contributed by atoms with van der Waals surface area (Å²) in [4.78, 5) is 7.12. The molecule has 0 spiro atoms. The first-order chi connectivity index (χ1) is 6.24. The lowest BCUT2D eigenvalue weighted by Crippen LogP contribution is -2.04. The van der Waals surface area contributed by atoms with Crippen molar-refractivity contribution in [3.63, 3.8) is 0 Å². The zero-order valence-corrected chi connectivity index (χ0v) is 7.69. The Hall–Kier alpha value is -1.34. The maximum Gasteiger partial charge on any atom is 0.224 e. The van der Waals surface area contributed by atoms with Crippen molar-refractivity contribution in [3.8, 4) is 11.8 Å². The molecule has 0 aromatic carbocycles. The number of hydrogen-bond donors (Lipinski definition) is 1. The first-order valence-electron chi connectivity index (χ1n) is 3.55. The normalized spacial score (nSPS) is 8.85. The van der Waals surface area contributed by atoms with Gasteiger partial charge in [-0.15, -0.1) is 5.92 Å². The Morgan fingerprint density at radius 3 is 3.15 bits per heavy atom. The second-order valence-corrected chi connectivity index (χ2v) is 2.45. The summed E-state index contributed by atoms with van der Waals surface area (Å²) in [7, 11) is 0. The van der Waals surface area contributed by atoms with Crippen molar-refractivity contribution in [2.75, 3.05) is 11.9 Å². The summed E-state index contributed by atoms with van der Waals surface area (Å²) in [5.41, 5.74) is 0. The number of anilines is 1. The van der Waals surface area contributed by atoms with Crippen LogP contribution in [0, 0.1) is 17.7 Å². The van der Waals surface area contributed by atoms with Crippen molar-refractivity contribution in [3.05, 3.63) is 17.3 Å². The lowest BCUT2D eigenvalue weighted by Gasteiger charge is -2.01. The molecule has 0 bridgehead atoms. The highest BCUT2D eigenvalue weighted by molar-refractivity contribution is 6.28. The van der Waals surface area contributed by atoms with Crippen LogP contribution >= 0.6 is 11.6 Å². The van der Waals surface area contributed by atoms with Crippen molar-refractivity contribution in [1.29, 1.82) is 0 Å². The number of nitrogens with zero attached hydrogens (tertiary/aromatic N) is 2. The highest BCUT2D eigenvalue weighted by atomic mass is 35.5. The molecule has 1 aromatic rings. The molecule has 0 fully saturated rings. The highest BCUT2D eigenvalue weighted by Crippen LogP contribution is 2.10. The summed E-state index contributed by atoms with van der Waals surface area (Å²) in [6.45, 7) is 2.03. The molecule has 1 aromatic heterocycles. The maximum absolute atomic E-state index is 12.9. The lowest BCUT2D eigenvalue weighted by molar-refractivity contribution is 0.617. The van der Waals surface area contributed by atoms with Gasteiger partial charge in [0.1, 0.15) is 0 Å². The summed E-state index contributed by atoms with van der Waals surface area (Å²) < 4.78 is 12.9. The van der Waals surface area contributed by atoms with Crippen molar-refractivity contribution in [2.24, 2.45) is 0 Å². The number of hydrogen-bond acceptors (Lipinski definition) is 3. The highest BCUT2D eigenvalue weighted by Gasteiger charge is 2.03. The van der Waals surface area contributed by atoms with Gasteiger partial charge in [-0.1, -0.05) is 5.92 Å². The Balaban J connectivity index is 2.73. The van der Waals surface area contributed by atoms with E-state index in [0.29, 0.717) is 6.54 Å². The van der Waals surface area contributed by atoms with Gasteiger partial charge in [0, 0.05) is 0 Å². The van der Waals surface area contributed by atoms with Crippen LogP contribution in [0.5, 0.6) is 0 Å². The summed E-state index contributed by atoms with van der Waals surface area (Å²) in [5.74, 6) is 4.91. The molecule has 0 saturated carbocycles. The molecule has 0 saturated heterocycles. The molecule has 3 nitrogen and oxygen atoms in total. The fraction of sp³-hybridized carbons (Fsp3) is 0.250. The van der Waals surface area contributed by atoms with Gasteiger partial charge >= 0.3 is 0 Å². The number of rotatable bonds is 2. The topological polar surface area (TPSA) is 37.8 Å². The summed E-state index contributed by atoms with van der Waals surface area (Å²) >= 11 is 5.46. The van der Waals surface area contributed by atoms with Crippen LogP contribution in [-0.2, 0) is 0 Å². The SMILES string of the molecule is CC#CCNc1nc(Cl)ncc1F. The number of nitrogens with one attached hydrogen (secondary N) is 1. The molecular formula is C8H7ClFN3. The van der Waals surface area contributed by atoms with Gasteiger partial charge in [-0.3, -0.25) is 0 Å². The Bertz CT molecular complexity index is 356. The van der Waals surface area contributed by atoms with Gasteiger partial charge in [-0.2, -0.15) is 4.98 Å². The van der Waals surface area contributed by atoms with Gasteiger partial charge in [0.15, 0.2) is 11.6 Å². The summed E-state index contributed by atoms with van der Waals surface area (Å²) in [6, 6.07) is 0. The van der Waals surface area contributed by atoms with Gasteiger partial charge in [0.25, 0.3) is 0 Å². The van der Waals surface area contributed by atoms with Gasteiger partial charge in [0.05, 0.1) is 12.7 Å². The second kappa shape index (κ2) is 4.63. The Labute approximate surface area is 80.3 Å². The molecule has 13 heavy (non-hydrogen) atoms. The molecule has 0 aliphatic carbocycles. The predicted molar refractivity (Wildman–Crippen MR) is 48.9 cm³/mol. The average molecular weight is 200 g/mol. The molecule has 0 radical (unpaired) electrons. The van der Waals surface area contributed by atoms with Crippen molar-refractivity contribution in [1.82, 2.24) is 9.97 Å². The largest absolute Gasteiger partial charge is 0.357 e. The Kier molecular flexibility index (Phi) is 3.47. The predicted octanol–water partition coefficient (Wildman–Crippen LogP) is 1.70. The third kappa shape index (κ3) is 2.88. The fourth-order valence-electron chi connectivity index (χ4n) is 0.686. The van der Waals surface area contributed by atoms with E-state index in [0.717, 1.165) is 6.20 Å². The third-order valence-electron chi connectivity index (χ3n) is 1.24. The van der Waals surface area contributed by atoms with Gasteiger partial charge in [0.2, 0.25) is 5.28 Å². The fourth-order valence-corrected chi connectivity index (χ4v) is 0.819. The quantitative estimate of drug-likeness (QED) is 0.582. The van der Waals surface area contributed by atoms with Gasteiger partial charge < -0.3 is 5.32 Å². The monoisotopic (exact) mass is 199 g/mol. The van der Waals surface area contributed by atoms with E-state index in [1.54, 1.807) is 6.92 Å². The minimum atomic E-state index is -0.540. The Morgan fingerprint density at radius 1 is 1.69 bits per heavy atom. The lowest BCUT2D eigenvalue weighted by atomic mass is 10.5. The molecule has 0 atom stereocenters. The molecule has 0 unspecified atom stereocenters. The van der Waals surface area contributed by atoms with Gasteiger partial charge in [-0.25, -0.2) is 9.37 Å². The van der Waals surface area contributed by atoms with E-state index in [4.69, 9.17) is 11.6 Å². The zero-order valence-electron chi connectivity index (χ0n) is 6.93. The summed E-state index contributed by atoms with van der Waals surface area (Å²) in [6.07, 6.45) is 1.01. The van der Waals surface area contributed by atoms with E-state index >= 15 is 0 Å². The molecule has 0 aliphatic rings. The van der Waals surface area contributed by atoms with Crippen LogP contribution in [0.25, 0.3) is 0 Å². The van der Waals surface area contributed by atoms with Crippen molar-refractivity contribution < 1.29 is 4.39 Å².